The van der Waals surface area contributed by atoms with Gasteiger partial charge >= 0.3 is 6.03 Å². The number of carbonyl (C=O) groups excluding carboxylic acids is 2. The van der Waals surface area contributed by atoms with E-state index in [0.717, 1.165) is 30.7 Å². The minimum atomic E-state index is -0.895. The molecule has 2 aliphatic heterocycles. The summed E-state index contributed by atoms with van der Waals surface area (Å²) in [7, 11) is 3.08. The Kier molecular flexibility index (Phi) is 4.28. The fourth-order valence-electron chi connectivity index (χ4n) is 3.44. The van der Waals surface area contributed by atoms with Crippen molar-refractivity contribution in [2.24, 2.45) is 11.3 Å². The topological polar surface area (TPSA) is 67.4 Å². The van der Waals surface area contributed by atoms with Gasteiger partial charge in [0.1, 0.15) is 0 Å². The lowest BCUT2D eigenvalue weighted by Gasteiger charge is -2.31. The minimum Gasteiger partial charge on any atom is -0.272 e. The van der Waals surface area contributed by atoms with Gasteiger partial charge in [-0.05, 0) is 24.7 Å². The third kappa shape index (κ3) is 2.85. The normalized spacial score (nSPS) is 30.0. The van der Waals surface area contributed by atoms with Crippen LogP contribution in [0.1, 0.15) is 40.0 Å². The van der Waals surface area contributed by atoms with Crippen LogP contribution in [-0.4, -0.2) is 58.8 Å². The van der Waals surface area contributed by atoms with Crippen LogP contribution >= 0.6 is 0 Å². The van der Waals surface area contributed by atoms with E-state index in [1.807, 2.05) is 0 Å². The van der Waals surface area contributed by atoms with Crippen LogP contribution in [0, 0.1) is 22.7 Å². The minimum absolute atomic E-state index is 0.161. The second kappa shape index (κ2) is 5.71. The second-order valence-corrected chi connectivity index (χ2v) is 7.41. The Morgan fingerprint density at radius 3 is 2.45 bits per heavy atom. The molecule has 0 aliphatic carbocycles. The van der Waals surface area contributed by atoms with Gasteiger partial charge in [0, 0.05) is 7.05 Å². The Hall–Kier alpha value is -1.90. The van der Waals surface area contributed by atoms with E-state index in [1.54, 1.807) is 7.05 Å². The number of hydrogen-bond donors (Lipinski definition) is 0. The molecule has 0 radical (unpaired) electrons. The van der Waals surface area contributed by atoms with E-state index in [0.29, 0.717) is 5.84 Å². The molecule has 2 fully saturated rings. The fourth-order valence-corrected chi connectivity index (χ4v) is 3.44. The highest BCUT2D eigenvalue weighted by atomic mass is 16.2. The molecule has 0 aromatic carbocycles. The van der Waals surface area contributed by atoms with Crippen molar-refractivity contribution in [3.8, 4) is 6.07 Å². The Morgan fingerprint density at radius 2 is 1.91 bits per heavy atom. The third-order valence-electron chi connectivity index (χ3n) is 4.40. The highest BCUT2D eigenvalue weighted by Crippen LogP contribution is 2.29. The predicted molar refractivity (Wildman–Crippen MR) is 82.3 cm³/mol. The van der Waals surface area contributed by atoms with Gasteiger partial charge in [-0.1, -0.05) is 20.8 Å². The van der Waals surface area contributed by atoms with Gasteiger partial charge in [-0.3, -0.25) is 9.37 Å². The van der Waals surface area contributed by atoms with E-state index >= 15 is 0 Å². The number of amides is 3. The number of imide groups is 1. The highest BCUT2D eigenvalue weighted by molar-refractivity contribution is 6.17. The average molecular weight is 305 g/mol. The fraction of sp³-hybridized carbons (Fsp3) is 0.750. The number of amidine groups is 1. The first kappa shape index (κ1) is 16.5. The molecule has 6 heteroatoms. The first-order chi connectivity index (χ1) is 10.2. The summed E-state index contributed by atoms with van der Waals surface area (Å²) in [5.41, 5.74) is 0.161. The summed E-state index contributed by atoms with van der Waals surface area (Å²) in [6.07, 6.45) is 3.03. The molecule has 22 heavy (non-hydrogen) atoms. The lowest BCUT2D eigenvalue weighted by molar-refractivity contribution is -0.552. The number of nitrogens with zero attached hydrogens (tertiary/aromatic N) is 4. The van der Waals surface area contributed by atoms with Crippen LogP contribution in [0.5, 0.6) is 0 Å². The van der Waals surface area contributed by atoms with E-state index in [-0.39, 0.29) is 17.5 Å². The molecular formula is C16H25N4O2+. The number of urea groups is 1. The maximum Gasteiger partial charge on any atom is 0.417 e. The van der Waals surface area contributed by atoms with Gasteiger partial charge in [0.25, 0.3) is 11.7 Å². The smallest absolute Gasteiger partial charge is 0.272 e. The standard InChI is InChI=1S/C16H25N4O2/c1-16(2,3)9-11-7-6-8-20(11)13-12(10-17)14(21)19(5)15(22)18(13)4/h11-12H,6-9H2,1-5H3/q+1. The second-order valence-electron chi connectivity index (χ2n) is 7.41. The van der Waals surface area contributed by atoms with Gasteiger partial charge in [0.15, 0.2) is 0 Å². The molecule has 2 aliphatic rings. The molecule has 3 amide bonds. The van der Waals surface area contributed by atoms with E-state index < -0.39 is 11.8 Å². The molecule has 2 unspecified atom stereocenters. The summed E-state index contributed by atoms with van der Waals surface area (Å²) in [6, 6.07) is 1.99. The zero-order chi connectivity index (χ0) is 16.7. The molecule has 2 atom stereocenters. The van der Waals surface area contributed by atoms with Crippen molar-refractivity contribution in [3.05, 3.63) is 0 Å². The molecule has 0 bridgehead atoms. The van der Waals surface area contributed by atoms with Crippen molar-refractivity contribution in [3.63, 3.8) is 0 Å². The lowest BCUT2D eigenvalue weighted by atomic mass is 9.87. The van der Waals surface area contributed by atoms with Crippen LogP contribution in [0.3, 0.4) is 0 Å². The molecular weight excluding hydrogens is 280 g/mol. The zero-order valence-corrected chi connectivity index (χ0v) is 14.1. The number of carbonyl (C=O) groups is 2. The molecule has 2 heterocycles. The summed E-state index contributed by atoms with van der Waals surface area (Å²) in [5, 5.41) is 9.45. The van der Waals surface area contributed by atoms with Crippen LogP contribution in [0.4, 0.5) is 4.79 Å². The van der Waals surface area contributed by atoms with Gasteiger partial charge in [0.2, 0.25) is 5.92 Å². The number of rotatable bonds is 1. The summed E-state index contributed by atoms with van der Waals surface area (Å²) in [5.74, 6) is -0.766. The van der Waals surface area contributed by atoms with E-state index in [1.165, 1.54) is 11.9 Å². The maximum absolute atomic E-state index is 12.3. The predicted octanol–water partition coefficient (Wildman–Crippen LogP) is 1.66. The lowest BCUT2D eigenvalue weighted by Crippen LogP contribution is -2.59. The van der Waals surface area contributed by atoms with E-state index in [9.17, 15) is 14.9 Å². The van der Waals surface area contributed by atoms with Gasteiger partial charge in [-0.15, -0.1) is 0 Å². The van der Waals surface area contributed by atoms with Gasteiger partial charge in [-0.25, -0.2) is 9.69 Å². The van der Waals surface area contributed by atoms with E-state index in [2.05, 4.69) is 31.4 Å². The first-order valence-electron chi connectivity index (χ1n) is 7.75. The monoisotopic (exact) mass is 305 g/mol. The highest BCUT2D eigenvalue weighted by Gasteiger charge is 2.49. The van der Waals surface area contributed by atoms with Crippen LogP contribution in [0.15, 0.2) is 0 Å². The molecule has 0 aromatic heterocycles. The summed E-state index contributed by atoms with van der Waals surface area (Å²) < 4.78 is 2.11. The van der Waals surface area contributed by atoms with Crippen molar-refractivity contribution >= 4 is 17.8 Å². The summed E-state index contributed by atoms with van der Waals surface area (Å²) in [6.45, 7) is 7.35. The number of hydrogen-bond acceptors (Lipinski definition) is 3. The zero-order valence-electron chi connectivity index (χ0n) is 14.1. The third-order valence-corrected chi connectivity index (χ3v) is 4.40. The Balaban J connectivity index is 2.47. The molecule has 2 rings (SSSR count). The largest absolute Gasteiger partial charge is 0.417 e. The van der Waals surface area contributed by atoms with Crippen molar-refractivity contribution in [2.75, 3.05) is 20.6 Å². The van der Waals surface area contributed by atoms with Crippen LogP contribution < -0.4 is 0 Å². The quantitative estimate of drug-likeness (QED) is 0.692. The Bertz CT molecular complexity index is 568. The van der Waals surface area contributed by atoms with Crippen LogP contribution in [0.2, 0.25) is 0 Å². The Morgan fingerprint density at radius 1 is 1.27 bits per heavy atom. The molecule has 0 N–H and O–H groups in total. The van der Waals surface area contributed by atoms with Crippen molar-refractivity contribution in [1.29, 1.82) is 5.26 Å². The molecule has 0 aromatic rings. The van der Waals surface area contributed by atoms with Crippen LogP contribution in [-0.2, 0) is 4.79 Å². The number of nitriles is 1. The molecule has 120 valence electrons. The van der Waals surface area contributed by atoms with Crippen molar-refractivity contribution in [2.45, 2.75) is 46.1 Å². The maximum atomic E-state index is 12.3. The SMILES string of the molecule is CN1C(=O)C(C#N)C(=[N+]2CCCC2CC(C)(C)C)N(C)C1=O. The van der Waals surface area contributed by atoms with Gasteiger partial charge in [-0.2, -0.15) is 10.2 Å². The van der Waals surface area contributed by atoms with Crippen molar-refractivity contribution < 1.29 is 14.2 Å². The van der Waals surface area contributed by atoms with Crippen molar-refractivity contribution in [1.82, 2.24) is 9.80 Å². The molecule has 0 saturated carbocycles. The summed E-state index contributed by atoms with van der Waals surface area (Å²) >= 11 is 0. The first-order valence-corrected chi connectivity index (χ1v) is 7.75. The average Bonchev–Trinajstić information content (AvgIpc) is 2.85. The van der Waals surface area contributed by atoms with Crippen LogP contribution in [0.25, 0.3) is 0 Å². The van der Waals surface area contributed by atoms with Gasteiger partial charge in [0.05, 0.1) is 25.7 Å². The molecule has 6 nitrogen and oxygen atoms in total. The van der Waals surface area contributed by atoms with E-state index in [4.69, 9.17) is 0 Å². The van der Waals surface area contributed by atoms with Gasteiger partial charge < -0.3 is 0 Å². The molecule has 2 saturated heterocycles. The Labute approximate surface area is 132 Å². The molecule has 0 spiro atoms. The summed E-state index contributed by atoms with van der Waals surface area (Å²) in [4.78, 5) is 27.0.